The van der Waals surface area contributed by atoms with Gasteiger partial charge in [0.1, 0.15) is 0 Å². The number of nitrogens with zero attached hydrogens (tertiary/aromatic N) is 2. The number of aryl methyl sites for hydroxylation is 2. The number of hydrogen-bond acceptors (Lipinski definition) is 3. The number of amidine groups is 1. The van der Waals surface area contributed by atoms with Crippen molar-refractivity contribution in [3.05, 3.63) is 64.7 Å². The summed E-state index contributed by atoms with van der Waals surface area (Å²) in [5, 5.41) is 12.1. The average Bonchev–Trinajstić information content (AvgIpc) is 2.48. The normalized spacial score (nSPS) is 11.5. The van der Waals surface area contributed by atoms with Gasteiger partial charge < -0.3 is 15.8 Å². The van der Waals surface area contributed by atoms with Crippen LogP contribution in [0.4, 0.5) is 5.69 Å². The Balaban J connectivity index is 2.30. The third-order valence-electron chi connectivity index (χ3n) is 3.49. The van der Waals surface area contributed by atoms with Crippen LogP contribution in [0.15, 0.2) is 47.6 Å². The standard InChI is InChI=1S/C17H21N3O/c1-12-4-7-14(8-5-12)11-20(3)16-9-6-13(2)10-15(16)17(18)19-21/h4-10,21H,11H2,1-3H3,(H2,18,19). The van der Waals surface area contributed by atoms with E-state index in [1.54, 1.807) is 0 Å². The van der Waals surface area contributed by atoms with E-state index < -0.39 is 0 Å². The Morgan fingerprint density at radius 2 is 1.71 bits per heavy atom. The average molecular weight is 283 g/mol. The highest BCUT2D eigenvalue weighted by Gasteiger charge is 2.11. The molecule has 0 amide bonds. The Morgan fingerprint density at radius 1 is 1.10 bits per heavy atom. The number of rotatable bonds is 4. The van der Waals surface area contributed by atoms with Gasteiger partial charge in [-0.05, 0) is 31.5 Å². The van der Waals surface area contributed by atoms with Crippen LogP contribution in [0.2, 0.25) is 0 Å². The Kier molecular flexibility index (Phi) is 4.48. The van der Waals surface area contributed by atoms with Crippen molar-refractivity contribution in [1.82, 2.24) is 0 Å². The lowest BCUT2D eigenvalue weighted by Gasteiger charge is -2.22. The van der Waals surface area contributed by atoms with Crippen molar-refractivity contribution in [3.8, 4) is 0 Å². The zero-order valence-electron chi connectivity index (χ0n) is 12.7. The lowest BCUT2D eigenvalue weighted by Crippen LogP contribution is -2.22. The molecule has 0 bridgehead atoms. The smallest absolute Gasteiger partial charge is 0.172 e. The maximum Gasteiger partial charge on any atom is 0.172 e. The fourth-order valence-electron chi connectivity index (χ4n) is 2.29. The third-order valence-corrected chi connectivity index (χ3v) is 3.49. The second-order valence-electron chi connectivity index (χ2n) is 5.35. The Morgan fingerprint density at radius 3 is 2.33 bits per heavy atom. The van der Waals surface area contributed by atoms with Crippen molar-refractivity contribution in [3.63, 3.8) is 0 Å². The summed E-state index contributed by atoms with van der Waals surface area (Å²) in [7, 11) is 2.00. The number of hydrogen-bond donors (Lipinski definition) is 2. The van der Waals surface area contributed by atoms with Crippen molar-refractivity contribution in [2.45, 2.75) is 20.4 Å². The fourth-order valence-corrected chi connectivity index (χ4v) is 2.29. The van der Waals surface area contributed by atoms with Gasteiger partial charge in [0.25, 0.3) is 0 Å². The van der Waals surface area contributed by atoms with Crippen molar-refractivity contribution in [1.29, 1.82) is 0 Å². The summed E-state index contributed by atoms with van der Waals surface area (Å²) < 4.78 is 0. The SMILES string of the molecule is Cc1ccc(CN(C)c2ccc(C)cc2/C(N)=N/O)cc1. The van der Waals surface area contributed by atoms with E-state index in [0.29, 0.717) is 0 Å². The first kappa shape index (κ1) is 14.9. The molecule has 0 heterocycles. The van der Waals surface area contributed by atoms with Gasteiger partial charge in [0.05, 0.1) is 0 Å². The van der Waals surface area contributed by atoms with Crippen LogP contribution in [0.1, 0.15) is 22.3 Å². The molecule has 0 aromatic heterocycles. The molecule has 0 atom stereocenters. The third kappa shape index (κ3) is 3.54. The minimum absolute atomic E-state index is 0.129. The highest BCUT2D eigenvalue weighted by molar-refractivity contribution is 6.02. The summed E-state index contributed by atoms with van der Waals surface area (Å²) in [4.78, 5) is 2.09. The first-order chi connectivity index (χ1) is 10.0. The monoisotopic (exact) mass is 283 g/mol. The molecule has 4 nitrogen and oxygen atoms in total. The minimum Gasteiger partial charge on any atom is -0.409 e. The molecule has 0 aliphatic rings. The van der Waals surface area contributed by atoms with Gasteiger partial charge in [-0.3, -0.25) is 0 Å². The van der Waals surface area contributed by atoms with Gasteiger partial charge in [0, 0.05) is 24.8 Å². The summed E-state index contributed by atoms with van der Waals surface area (Å²) in [6.45, 7) is 4.82. The molecular weight excluding hydrogens is 262 g/mol. The highest BCUT2D eigenvalue weighted by Crippen LogP contribution is 2.22. The molecule has 2 aromatic rings. The van der Waals surface area contributed by atoms with Crippen LogP contribution in [0, 0.1) is 13.8 Å². The summed E-state index contributed by atoms with van der Waals surface area (Å²) in [5.41, 5.74) is 11.0. The quantitative estimate of drug-likeness (QED) is 0.392. The molecule has 21 heavy (non-hydrogen) atoms. The van der Waals surface area contributed by atoms with Gasteiger partial charge in [0.15, 0.2) is 5.84 Å². The molecule has 0 saturated heterocycles. The van der Waals surface area contributed by atoms with E-state index in [9.17, 15) is 0 Å². The van der Waals surface area contributed by atoms with Crippen LogP contribution in [-0.2, 0) is 6.54 Å². The molecule has 2 rings (SSSR count). The van der Waals surface area contributed by atoms with Gasteiger partial charge in [-0.15, -0.1) is 0 Å². The molecular formula is C17H21N3O. The van der Waals surface area contributed by atoms with Crippen LogP contribution in [0.3, 0.4) is 0 Å². The molecule has 0 spiro atoms. The lowest BCUT2D eigenvalue weighted by molar-refractivity contribution is 0.318. The molecule has 4 heteroatoms. The van der Waals surface area contributed by atoms with Gasteiger partial charge in [-0.2, -0.15) is 0 Å². The molecule has 2 aromatic carbocycles. The largest absolute Gasteiger partial charge is 0.409 e. The van der Waals surface area contributed by atoms with Crippen LogP contribution >= 0.6 is 0 Å². The van der Waals surface area contributed by atoms with Crippen molar-refractivity contribution in [2.24, 2.45) is 10.9 Å². The van der Waals surface area contributed by atoms with Gasteiger partial charge in [-0.1, -0.05) is 46.6 Å². The van der Waals surface area contributed by atoms with Gasteiger partial charge in [0.2, 0.25) is 0 Å². The number of oxime groups is 1. The molecule has 0 radical (unpaired) electrons. The van der Waals surface area contributed by atoms with Crippen LogP contribution in [0.25, 0.3) is 0 Å². The predicted octanol–water partition coefficient (Wildman–Crippen LogP) is 3.03. The van der Waals surface area contributed by atoms with E-state index in [-0.39, 0.29) is 5.84 Å². The van der Waals surface area contributed by atoms with E-state index in [1.807, 2.05) is 32.2 Å². The van der Waals surface area contributed by atoms with E-state index in [2.05, 4.69) is 41.2 Å². The zero-order valence-corrected chi connectivity index (χ0v) is 12.7. The molecule has 0 aliphatic carbocycles. The summed E-state index contributed by atoms with van der Waals surface area (Å²) >= 11 is 0. The zero-order chi connectivity index (χ0) is 15.4. The molecule has 110 valence electrons. The molecule has 3 N–H and O–H groups in total. The summed E-state index contributed by atoms with van der Waals surface area (Å²) in [6.07, 6.45) is 0. The van der Waals surface area contributed by atoms with Crippen molar-refractivity contribution in [2.75, 3.05) is 11.9 Å². The van der Waals surface area contributed by atoms with Crippen LogP contribution in [-0.4, -0.2) is 18.1 Å². The maximum atomic E-state index is 8.95. The number of nitrogens with two attached hydrogens (primary N) is 1. The molecule has 0 saturated carbocycles. The first-order valence-electron chi connectivity index (χ1n) is 6.86. The fraction of sp³-hybridized carbons (Fsp3) is 0.235. The minimum atomic E-state index is 0.129. The second-order valence-corrected chi connectivity index (χ2v) is 5.35. The van der Waals surface area contributed by atoms with Gasteiger partial charge >= 0.3 is 0 Å². The van der Waals surface area contributed by atoms with Crippen LogP contribution in [0.5, 0.6) is 0 Å². The summed E-state index contributed by atoms with van der Waals surface area (Å²) in [6, 6.07) is 14.4. The predicted molar refractivity (Wildman–Crippen MR) is 87.0 cm³/mol. The highest BCUT2D eigenvalue weighted by atomic mass is 16.4. The van der Waals surface area contributed by atoms with Crippen LogP contribution < -0.4 is 10.6 Å². The number of anilines is 1. The molecule has 0 unspecified atom stereocenters. The first-order valence-corrected chi connectivity index (χ1v) is 6.86. The summed E-state index contributed by atoms with van der Waals surface area (Å²) in [5.74, 6) is 0.129. The number of benzene rings is 2. The van der Waals surface area contributed by atoms with E-state index in [4.69, 9.17) is 10.9 Å². The Hall–Kier alpha value is -2.49. The topological polar surface area (TPSA) is 61.8 Å². The Bertz CT molecular complexity index is 648. The van der Waals surface area contributed by atoms with E-state index in [1.165, 1.54) is 11.1 Å². The Labute approximate surface area is 125 Å². The second kappa shape index (κ2) is 6.31. The molecule has 0 fully saturated rings. The van der Waals surface area contributed by atoms with Crippen molar-refractivity contribution < 1.29 is 5.21 Å². The van der Waals surface area contributed by atoms with Gasteiger partial charge in [-0.25, -0.2) is 0 Å². The van der Waals surface area contributed by atoms with E-state index in [0.717, 1.165) is 23.4 Å². The van der Waals surface area contributed by atoms with Crippen molar-refractivity contribution >= 4 is 11.5 Å². The molecule has 0 aliphatic heterocycles. The lowest BCUT2D eigenvalue weighted by atomic mass is 10.1. The van der Waals surface area contributed by atoms with E-state index >= 15 is 0 Å². The maximum absolute atomic E-state index is 8.95.